The lowest BCUT2D eigenvalue weighted by atomic mass is 9.85. The third-order valence-electron chi connectivity index (χ3n) is 4.19. The molecule has 0 atom stereocenters. The predicted molar refractivity (Wildman–Crippen MR) is 86.8 cm³/mol. The van der Waals surface area contributed by atoms with Crippen LogP contribution in [0.15, 0.2) is 29.2 Å². The minimum Gasteiger partial charge on any atom is -0.209 e. The zero-order valence-corrected chi connectivity index (χ0v) is 14.0. The number of benzene rings is 1. The second-order valence-corrected chi connectivity index (χ2v) is 8.18. The van der Waals surface area contributed by atoms with Gasteiger partial charge in [0.05, 0.1) is 4.90 Å². The molecule has 1 N–H and O–H groups in total. The fraction of sp³-hybridized carbons (Fsp3) is 0.647. The number of hydrogen-bond acceptors (Lipinski definition) is 2. The first-order chi connectivity index (χ1) is 9.97. The van der Waals surface area contributed by atoms with Crippen LogP contribution in [0.25, 0.3) is 0 Å². The van der Waals surface area contributed by atoms with E-state index in [-0.39, 0.29) is 6.04 Å². The summed E-state index contributed by atoms with van der Waals surface area (Å²) >= 11 is 0. The van der Waals surface area contributed by atoms with Gasteiger partial charge in [-0.25, -0.2) is 13.1 Å². The molecule has 0 heterocycles. The van der Waals surface area contributed by atoms with Crippen LogP contribution < -0.4 is 4.72 Å². The molecule has 2 rings (SSSR count). The molecule has 0 spiro atoms. The molecule has 0 aromatic heterocycles. The van der Waals surface area contributed by atoms with E-state index in [1.807, 2.05) is 26.0 Å². The fourth-order valence-electron chi connectivity index (χ4n) is 3.06. The van der Waals surface area contributed by atoms with Crippen molar-refractivity contribution in [3.05, 3.63) is 29.8 Å². The van der Waals surface area contributed by atoms with Crippen LogP contribution in [-0.4, -0.2) is 14.5 Å². The summed E-state index contributed by atoms with van der Waals surface area (Å²) < 4.78 is 26.7. The van der Waals surface area contributed by atoms with Gasteiger partial charge in [-0.05, 0) is 50.3 Å². The third-order valence-corrected chi connectivity index (χ3v) is 5.86. The summed E-state index contributed by atoms with van der Waals surface area (Å²) in [6.45, 7) is 3.66. The Balaban J connectivity index is 1.92. The van der Waals surface area contributed by atoms with Gasteiger partial charge >= 0.3 is 0 Å². The number of sulfonamides is 1. The summed E-state index contributed by atoms with van der Waals surface area (Å²) in [5, 5.41) is 0. The maximum Gasteiger partial charge on any atom is 0.240 e. The summed E-state index contributed by atoms with van der Waals surface area (Å²) in [6, 6.07) is 7.28. The Kier molecular flexibility index (Phi) is 5.82. The normalized spacial score (nSPS) is 17.3. The van der Waals surface area contributed by atoms with Crippen molar-refractivity contribution < 1.29 is 8.42 Å². The summed E-state index contributed by atoms with van der Waals surface area (Å²) in [5.74, 6) is 0.866. The number of aryl methyl sites for hydroxylation is 1. The van der Waals surface area contributed by atoms with Crippen LogP contribution in [0.3, 0.4) is 0 Å². The van der Waals surface area contributed by atoms with Gasteiger partial charge in [0, 0.05) is 6.04 Å². The molecule has 21 heavy (non-hydrogen) atoms. The molecule has 3 nitrogen and oxygen atoms in total. The van der Waals surface area contributed by atoms with Crippen LogP contribution in [0.4, 0.5) is 0 Å². The van der Waals surface area contributed by atoms with E-state index in [0.717, 1.165) is 12.3 Å². The zero-order valence-electron chi connectivity index (χ0n) is 13.1. The smallest absolute Gasteiger partial charge is 0.209 e. The van der Waals surface area contributed by atoms with Gasteiger partial charge in [0.25, 0.3) is 0 Å². The van der Waals surface area contributed by atoms with Crippen LogP contribution in [0.5, 0.6) is 0 Å². The predicted octanol–water partition coefficient (Wildman–Crippen LogP) is 3.89. The Morgan fingerprint density at radius 1 is 1.10 bits per heavy atom. The first-order valence-corrected chi connectivity index (χ1v) is 9.57. The molecule has 0 aliphatic heterocycles. The molecular weight excluding hydrogens is 282 g/mol. The van der Waals surface area contributed by atoms with Crippen molar-refractivity contribution in [3.8, 4) is 0 Å². The lowest BCUT2D eigenvalue weighted by molar-refractivity contribution is 0.339. The van der Waals surface area contributed by atoms with Crippen molar-refractivity contribution in [1.82, 2.24) is 4.72 Å². The van der Waals surface area contributed by atoms with Crippen molar-refractivity contribution in [2.24, 2.45) is 5.92 Å². The van der Waals surface area contributed by atoms with Gasteiger partial charge in [-0.3, -0.25) is 0 Å². The molecule has 118 valence electrons. The lowest BCUT2D eigenvalue weighted by Gasteiger charge is -2.21. The quantitative estimate of drug-likeness (QED) is 0.866. The summed E-state index contributed by atoms with van der Waals surface area (Å²) in [5.41, 5.74) is 1.24. The van der Waals surface area contributed by atoms with Gasteiger partial charge in [-0.1, -0.05) is 44.2 Å². The Morgan fingerprint density at radius 3 is 2.29 bits per heavy atom. The minimum atomic E-state index is -3.36. The van der Waals surface area contributed by atoms with Crippen molar-refractivity contribution in [3.63, 3.8) is 0 Å². The van der Waals surface area contributed by atoms with Gasteiger partial charge in [-0.15, -0.1) is 0 Å². The molecule has 1 fully saturated rings. The number of nitrogens with one attached hydrogen (secondary N) is 1. The molecule has 4 heteroatoms. The average molecular weight is 309 g/mol. The van der Waals surface area contributed by atoms with E-state index in [9.17, 15) is 8.42 Å². The highest BCUT2D eigenvalue weighted by atomic mass is 32.2. The molecule has 0 saturated heterocycles. The van der Waals surface area contributed by atoms with Crippen molar-refractivity contribution >= 4 is 10.0 Å². The second kappa shape index (κ2) is 7.41. The van der Waals surface area contributed by atoms with E-state index in [1.54, 1.807) is 12.1 Å². The highest BCUT2D eigenvalue weighted by Gasteiger charge is 2.16. The maximum absolute atomic E-state index is 12.0. The molecule has 0 unspecified atom stereocenters. The van der Waals surface area contributed by atoms with Gasteiger partial charge in [0.2, 0.25) is 10.0 Å². The lowest BCUT2D eigenvalue weighted by Crippen LogP contribution is -2.30. The molecule has 0 amide bonds. The largest absolute Gasteiger partial charge is 0.240 e. The van der Waals surface area contributed by atoms with Gasteiger partial charge < -0.3 is 0 Å². The Morgan fingerprint density at radius 2 is 1.71 bits per heavy atom. The second-order valence-electron chi connectivity index (χ2n) is 6.46. The zero-order chi connectivity index (χ0) is 15.3. The monoisotopic (exact) mass is 309 g/mol. The summed E-state index contributed by atoms with van der Waals surface area (Å²) in [7, 11) is -3.36. The number of rotatable bonds is 6. The van der Waals surface area contributed by atoms with E-state index in [1.165, 1.54) is 44.1 Å². The highest BCUT2D eigenvalue weighted by molar-refractivity contribution is 7.89. The van der Waals surface area contributed by atoms with Gasteiger partial charge in [-0.2, -0.15) is 0 Å². The van der Waals surface area contributed by atoms with Crippen LogP contribution >= 0.6 is 0 Å². The van der Waals surface area contributed by atoms with E-state index in [4.69, 9.17) is 0 Å². The van der Waals surface area contributed by atoms with E-state index >= 15 is 0 Å². The van der Waals surface area contributed by atoms with Crippen LogP contribution in [-0.2, 0) is 16.4 Å². The summed E-state index contributed by atoms with van der Waals surface area (Å²) in [4.78, 5) is 0.359. The maximum atomic E-state index is 12.0. The average Bonchev–Trinajstić information content (AvgIpc) is 2.45. The first kappa shape index (κ1) is 16.5. The molecule has 0 radical (unpaired) electrons. The third kappa shape index (κ3) is 5.11. The first-order valence-electron chi connectivity index (χ1n) is 8.08. The van der Waals surface area contributed by atoms with Crippen molar-refractivity contribution in [2.45, 2.75) is 69.7 Å². The Hall–Kier alpha value is -0.870. The fourth-order valence-corrected chi connectivity index (χ4v) is 4.31. The van der Waals surface area contributed by atoms with Crippen molar-refractivity contribution in [2.75, 3.05) is 0 Å². The van der Waals surface area contributed by atoms with E-state index < -0.39 is 10.0 Å². The Labute approximate surface area is 129 Å². The summed E-state index contributed by atoms with van der Waals surface area (Å²) in [6.07, 6.45) is 9.17. The SMILES string of the molecule is CC(C)NS(=O)(=O)c1ccc(CCC2CCCCC2)cc1. The molecule has 1 aromatic rings. The standard InChI is InChI=1S/C17H27NO2S/c1-14(2)18-21(19,20)17-12-10-16(11-13-17)9-8-15-6-4-3-5-7-15/h10-15,18H,3-9H2,1-2H3. The topological polar surface area (TPSA) is 46.2 Å². The minimum absolute atomic E-state index is 0.0824. The molecule has 1 aliphatic carbocycles. The van der Waals surface area contributed by atoms with Crippen molar-refractivity contribution in [1.29, 1.82) is 0 Å². The van der Waals surface area contributed by atoms with E-state index in [2.05, 4.69) is 4.72 Å². The molecule has 1 saturated carbocycles. The van der Waals surface area contributed by atoms with Crippen LogP contribution in [0, 0.1) is 5.92 Å². The molecule has 0 bridgehead atoms. The van der Waals surface area contributed by atoms with Crippen LogP contribution in [0.2, 0.25) is 0 Å². The Bertz CT molecular complexity index is 528. The molecular formula is C17H27NO2S. The van der Waals surface area contributed by atoms with Crippen LogP contribution in [0.1, 0.15) is 57.9 Å². The van der Waals surface area contributed by atoms with E-state index in [0.29, 0.717) is 4.90 Å². The number of hydrogen-bond donors (Lipinski definition) is 1. The van der Waals surface area contributed by atoms with Gasteiger partial charge in [0.15, 0.2) is 0 Å². The molecule has 1 aliphatic rings. The highest BCUT2D eigenvalue weighted by Crippen LogP contribution is 2.27. The molecule has 1 aromatic carbocycles. The van der Waals surface area contributed by atoms with Gasteiger partial charge in [0.1, 0.15) is 0 Å².